The molecule has 1 aromatic carbocycles. The molecule has 0 aliphatic rings. The smallest absolute Gasteiger partial charge is 0.348 e. The number of amides is 1. The summed E-state index contributed by atoms with van der Waals surface area (Å²) in [6.45, 7) is 3.70. The van der Waals surface area contributed by atoms with Crippen molar-refractivity contribution in [2.45, 2.75) is 26.1 Å². The van der Waals surface area contributed by atoms with Crippen molar-refractivity contribution in [3.8, 4) is 0 Å². The molecular formula is C13H16F4N2O. The maximum atomic E-state index is 13.8. The molecule has 0 saturated carbocycles. The van der Waals surface area contributed by atoms with Gasteiger partial charge in [0.15, 0.2) is 0 Å². The van der Waals surface area contributed by atoms with Crippen molar-refractivity contribution in [2.75, 3.05) is 6.54 Å². The maximum absolute atomic E-state index is 13.8. The average molecular weight is 292 g/mol. The molecule has 112 valence electrons. The van der Waals surface area contributed by atoms with Crippen molar-refractivity contribution in [1.82, 2.24) is 5.32 Å². The second kappa shape index (κ2) is 6.21. The molecule has 3 N–H and O–H groups in total. The second-order valence-electron chi connectivity index (χ2n) is 4.72. The minimum absolute atomic E-state index is 0.0159. The van der Waals surface area contributed by atoms with Crippen LogP contribution in [-0.4, -0.2) is 18.5 Å². The van der Waals surface area contributed by atoms with Crippen LogP contribution in [0.3, 0.4) is 0 Å². The van der Waals surface area contributed by atoms with Crippen LogP contribution in [0.25, 0.3) is 0 Å². The van der Waals surface area contributed by atoms with Gasteiger partial charge in [-0.05, 0) is 18.1 Å². The Morgan fingerprint density at radius 2 is 1.95 bits per heavy atom. The fraction of sp³-hybridized carbons (Fsp3) is 0.462. The molecule has 0 heterocycles. The summed E-state index contributed by atoms with van der Waals surface area (Å²) >= 11 is 0. The minimum atomic E-state index is -4.84. The van der Waals surface area contributed by atoms with E-state index in [-0.39, 0.29) is 12.5 Å². The SMILES string of the molecule is CC(C)C(CN)NC(=O)c1cccc(C(F)(F)F)c1F. The van der Waals surface area contributed by atoms with Gasteiger partial charge in [-0.2, -0.15) is 13.2 Å². The summed E-state index contributed by atoms with van der Waals surface area (Å²) in [5, 5.41) is 2.43. The highest BCUT2D eigenvalue weighted by Gasteiger charge is 2.35. The van der Waals surface area contributed by atoms with E-state index < -0.39 is 35.1 Å². The Morgan fingerprint density at radius 3 is 2.40 bits per heavy atom. The third kappa shape index (κ3) is 3.69. The van der Waals surface area contributed by atoms with E-state index in [2.05, 4.69) is 5.32 Å². The van der Waals surface area contributed by atoms with Gasteiger partial charge < -0.3 is 11.1 Å². The van der Waals surface area contributed by atoms with Gasteiger partial charge in [-0.3, -0.25) is 4.79 Å². The van der Waals surface area contributed by atoms with E-state index in [9.17, 15) is 22.4 Å². The van der Waals surface area contributed by atoms with Crippen LogP contribution in [-0.2, 0) is 6.18 Å². The number of carbonyl (C=O) groups is 1. The van der Waals surface area contributed by atoms with Crippen LogP contribution in [0.1, 0.15) is 29.8 Å². The number of halogens is 4. The highest BCUT2D eigenvalue weighted by atomic mass is 19.4. The van der Waals surface area contributed by atoms with E-state index in [1.807, 2.05) is 0 Å². The Labute approximate surface area is 114 Å². The molecule has 0 radical (unpaired) electrons. The first-order valence-electron chi connectivity index (χ1n) is 6.05. The molecule has 0 aliphatic carbocycles. The molecule has 1 unspecified atom stereocenters. The van der Waals surface area contributed by atoms with Crippen molar-refractivity contribution in [3.63, 3.8) is 0 Å². The van der Waals surface area contributed by atoms with E-state index in [4.69, 9.17) is 5.73 Å². The number of hydrogen-bond acceptors (Lipinski definition) is 2. The largest absolute Gasteiger partial charge is 0.419 e. The lowest BCUT2D eigenvalue weighted by atomic mass is 10.0. The average Bonchev–Trinajstić information content (AvgIpc) is 2.34. The second-order valence-corrected chi connectivity index (χ2v) is 4.72. The maximum Gasteiger partial charge on any atom is 0.419 e. The fourth-order valence-corrected chi connectivity index (χ4v) is 1.67. The van der Waals surface area contributed by atoms with Crippen molar-refractivity contribution < 1.29 is 22.4 Å². The first-order chi connectivity index (χ1) is 9.18. The van der Waals surface area contributed by atoms with Gasteiger partial charge in [-0.1, -0.05) is 19.9 Å². The summed E-state index contributed by atoms with van der Waals surface area (Å²) in [6, 6.07) is 2.16. The number of benzene rings is 1. The molecule has 1 amide bonds. The van der Waals surface area contributed by atoms with Crippen LogP contribution >= 0.6 is 0 Å². The van der Waals surface area contributed by atoms with E-state index in [1.165, 1.54) is 0 Å². The first-order valence-corrected chi connectivity index (χ1v) is 6.05. The lowest BCUT2D eigenvalue weighted by Crippen LogP contribution is -2.44. The third-order valence-corrected chi connectivity index (χ3v) is 2.92. The number of alkyl halides is 3. The van der Waals surface area contributed by atoms with E-state index in [1.54, 1.807) is 13.8 Å². The zero-order valence-electron chi connectivity index (χ0n) is 11.1. The summed E-state index contributed by atoms with van der Waals surface area (Å²) < 4.78 is 51.4. The molecule has 1 aromatic rings. The van der Waals surface area contributed by atoms with Crippen molar-refractivity contribution >= 4 is 5.91 Å². The molecule has 3 nitrogen and oxygen atoms in total. The molecular weight excluding hydrogens is 276 g/mol. The lowest BCUT2D eigenvalue weighted by Gasteiger charge is -2.21. The van der Waals surface area contributed by atoms with Crippen LogP contribution in [0.15, 0.2) is 18.2 Å². The van der Waals surface area contributed by atoms with Gasteiger partial charge >= 0.3 is 6.18 Å². The summed E-state index contributed by atoms with van der Waals surface area (Å²) in [6.07, 6.45) is -4.84. The van der Waals surface area contributed by atoms with E-state index >= 15 is 0 Å². The van der Waals surface area contributed by atoms with Crippen LogP contribution in [0, 0.1) is 11.7 Å². The van der Waals surface area contributed by atoms with Crippen LogP contribution in [0.2, 0.25) is 0 Å². The Bertz CT molecular complexity index is 486. The molecule has 1 rings (SSSR count). The van der Waals surface area contributed by atoms with Gasteiger partial charge in [-0.25, -0.2) is 4.39 Å². The predicted octanol–water partition coefficient (Wildman–Crippen LogP) is 2.56. The topological polar surface area (TPSA) is 55.1 Å². The standard InChI is InChI=1S/C13H16F4N2O/c1-7(2)10(6-18)19-12(20)8-4-3-5-9(11(8)14)13(15,16)17/h3-5,7,10H,6,18H2,1-2H3,(H,19,20). The van der Waals surface area contributed by atoms with Gasteiger partial charge in [0.25, 0.3) is 5.91 Å². The summed E-state index contributed by atoms with van der Waals surface area (Å²) in [4.78, 5) is 11.8. The Balaban J connectivity index is 3.06. The van der Waals surface area contributed by atoms with Crippen molar-refractivity contribution in [2.24, 2.45) is 11.7 Å². The zero-order chi connectivity index (χ0) is 15.5. The Kier molecular flexibility index (Phi) is 5.10. The van der Waals surface area contributed by atoms with E-state index in [0.29, 0.717) is 6.07 Å². The molecule has 20 heavy (non-hydrogen) atoms. The molecule has 0 fully saturated rings. The third-order valence-electron chi connectivity index (χ3n) is 2.92. The van der Waals surface area contributed by atoms with Crippen LogP contribution in [0.5, 0.6) is 0 Å². The zero-order valence-corrected chi connectivity index (χ0v) is 11.1. The summed E-state index contributed by atoms with van der Waals surface area (Å²) in [5.74, 6) is -2.49. The van der Waals surface area contributed by atoms with Gasteiger partial charge in [0.1, 0.15) is 5.82 Å². The van der Waals surface area contributed by atoms with Crippen LogP contribution < -0.4 is 11.1 Å². The molecule has 0 aromatic heterocycles. The van der Waals surface area contributed by atoms with E-state index in [0.717, 1.165) is 12.1 Å². The Morgan fingerprint density at radius 1 is 1.35 bits per heavy atom. The van der Waals surface area contributed by atoms with Crippen molar-refractivity contribution in [1.29, 1.82) is 0 Å². The predicted molar refractivity (Wildman–Crippen MR) is 66.5 cm³/mol. The Hall–Kier alpha value is -1.63. The monoisotopic (exact) mass is 292 g/mol. The highest BCUT2D eigenvalue weighted by molar-refractivity contribution is 5.95. The molecule has 0 bridgehead atoms. The fourth-order valence-electron chi connectivity index (χ4n) is 1.67. The van der Waals surface area contributed by atoms with Gasteiger partial charge in [-0.15, -0.1) is 0 Å². The number of nitrogens with two attached hydrogens (primary N) is 1. The summed E-state index contributed by atoms with van der Waals surface area (Å²) in [7, 11) is 0. The number of rotatable bonds is 4. The van der Waals surface area contributed by atoms with Crippen molar-refractivity contribution in [3.05, 3.63) is 35.1 Å². The minimum Gasteiger partial charge on any atom is -0.348 e. The normalized spacial score (nSPS) is 13.4. The molecule has 1 atom stereocenters. The van der Waals surface area contributed by atoms with Gasteiger partial charge in [0, 0.05) is 12.6 Å². The van der Waals surface area contributed by atoms with Gasteiger partial charge in [0.05, 0.1) is 11.1 Å². The highest BCUT2D eigenvalue weighted by Crippen LogP contribution is 2.32. The first kappa shape index (κ1) is 16.4. The quantitative estimate of drug-likeness (QED) is 0.838. The number of hydrogen-bond donors (Lipinski definition) is 2. The molecule has 7 heteroatoms. The van der Waals surface area contributed by atoms with Gasteiger partial charge in [0.2, 0.25) is 0 Å². The number of nitrogens with one attached hydrogen (secondary N) is 1. The summed E-state index contributed by atoms with van der Waals surface area (Å²) in [5.41, 5.74) is 3.35. The molecule has 0 saturated heterocycles. The lowest BCUT2D eigenvalue weighted by molar-refractivity contribution is -0.140. The number of carbonyl (C=O) groups excluding carboxylic acids is 1. The molecule has 0 aliphatic heterocycles. The molecule has 0 spiro atoms. The van der Waals surface area contributed by atoms with Crippen LogP contribution in [0.4, 0.5) is 17.6 Å².